The van der Waals surface area contributed by atoms with Gasteiger partial charge in [-0.2, -0.15) is 10.2 Å². The molecule has 16 heteroatoms. The average molecular weight is 913 g/mol. The van der Waals surface area contributed by atoms with Gasteiger partial charge in [-0.15, -0.1) is 0 Å². The maximum atomic E-state index is 12.6. The Kier molecular flexibility index (Phi) is 16.5. The number of amides is 1. The number of anilines is 2. The summed E-state index contributed by atoms with van der Waals surface area (Å²) in [6, 6.07) is 41.3. The lowest BCUT2D eigenvalue weighted by atomic mass is 9.92. The highest BCUT2D eigenvalue weighted by molar-refractivity contribution is 5.83. The zero-order valence-corrected chi connectivity index (χ0v) is 39.1. The Labute approximate surface area is 391 Å². The van der Waals surface area contributed by atoms with Crippen LogP contribution in [0.25, 0.3) is 11.4 Å². The van der Waals surface area contributed by atoms with E-state index in [9.17, 15) is 24.3 Å². The number of rotatable bonds is 9. The molecule has 6 aromatic rings. The first-order chi connectivity index (χ1) is 32.2. The van der Waals surface area contributed by atoms with Crippen LogP contribution in [0.15, 0.2) is 133 Å². The van der Waals surface area contributed by atoms with E-state index in [0.717, 1.165) is 58.6 Å². The van der Waals surface area contributed by atoms with E-state index >= 15 is 0 Å². The maximum absolute atomic E-state index is 12.6. The molecule has 16 nitrogen and oxygen atoms in total. The van der Waals surface area contributed by atoms with Crippen molar-refractivity contribution in [1.82, 2.24) is 29.8 Å². The van der Waals surface area contributed by atoms with Gasteiger partial charge in [0.1, 0.15) is 29.2 Å². The molecule has 2 aliphatic rings. The standard InChI is InChI=1S/C21H28N4O4.C16H20N4O2.C14H12O2/c1-15-13-18(25(22-15)16-9-7-6-8-10-16)23-11-12-24(17(14-23)19(26)28-5)20(27)29-21(2,3)4;1-12-10-15(20(18-12)13-6-4-3-5-7-13)19-9-8-17-14(11-19)16(21)22-2;15-14(16)13(11-7-3-1-4-8-11)12-9-5-2-6-10-12/h6-10,13,17H,11-12,14H2,1-5H3;3-7,10,14,17H,8-9,11H2,1-2H3;1-10,13H,(H,15,16)/t17-;14-;/m00./s1. The molecule has 0 spiro atoms. The Hall–Kier alpha value is -7.46. The summed E-state index contributed by atoms with van der Waals surface area (Å²) < 4.78 is 19.1. The molecule has 0 radical (unpaired) electrons. The minimum Gasteiger partial charge on any atom is -0.481 e. The van der Waals surface area contributed by atoms with E-state index in [2.05, 4.69) is 25.3 Å². The number of carbonyl (C=O) groups excluding carboxylic acids is 3. The lowest BCUT2D eigenvalue weighted by Gasteiger charge is -2.40. The molecule has 0 aliphatic carbocycles. The van der Waals surface area contributed by atoms with E-state index in [-0.39, 0.29) is 12.0 Å². The SMILES string of the molecule is COC(=O)[C@@H]1CN(c2cc(C)nn2-c2ccccc2)CCN1.COC(=O)[C@@H]1CN(c2cc(C)nn2-c2ccccc2)CCN1C(=O)OC(C)(C)C.O=C(O)C(c1ccccc1)c1ccccc1. The van der Waals surface area contributed by atoms with E-state index in [1.165, 1.54) is 19.1 Å². The highest BCUT2D eigenvalue weighted by Gasteiger charge is 2.39. The smallest absolute Gasteiger partial charge is 0.411 e. The fourth-order valence-electron chi connectivity index (χ4n) is 7.84. The van der Waals surface area contributed by atoms with Crippen LogP contribution in [0.2, 0.25) is 0 Å². The van der Waals surface area contributed by atoms with Gasteiger partial charge in [-0.3, -0.25) is 14.5 Å². The Bertz CT molecular complexity index is 2510. The van der Waals surface area contributed by atoms with E-state index in [1.54, 1.807) is 20.8 Å². The summed E-state index contributed by atoms with van der Waals surface area (Å²) in [6.07, 6.45) is -0.514. The number of nitrogens with one attached hydrogen (secondary N) is 1. The van der Waals surface area contributed by atoms with Crippen LogP contribution >= 0.6 is 0 Å². The number of aliphatic carboxylic acids is 1. The number of carboxylic acid groups (broad SMARTS) is 1. The summed E-state index contributed by atoms with van der Waals surface area (Å²) in [4.78, 5) is 53.8. The van der Waals surface area contributed by atoms with Crippen molar-refractivity contribution in [3.63, 3.8) is 0 Å². The third kappa shape index (κ3) is 12.9. The van der Waals surface area contributed by atoms with Gasteiger partial charge in [0, 0.05) is 44.9 Å². The number of methoxy groups -OCH3 is 2. The van der Waals surface area contributed by atoms with Crippen LogP contribution < -0.4 is 15.1 Å². The van der Waals surface area contributed by atoms with Gasteiger partial charge in [0.2, 0.25) is 0 Å². The van der Waals surface area contributed by atoms with E-state index in [1.807, 2.05) is 157 Å². The van der Waals surface area contributed by atoms with E-state index in [4.69, 9.17) is 14.2 Å². The molecule has 8 rings (SSSR count). The fourth-order valence-corrected chi connectivity index (χ4v) is 7.84. The molecule has 2 aliphatic heterocycles. The molecule has 2 N–H and O–H groups in total. The summed E-state index contributed by atoms with van der Waals surface area (Å²) >= 11 is 0. The Morgan fingerprint density at radius 1 is 0.642 bits per heavy atom. The third-order valence-electron chi connectivity index (χ3n) is 10.9. The number of ether oxygens (including phenoxy) is 3. The van der Waals surface area contributed by atoms with Gasteiger partial charge in [0.05, 0.1) is 43.5 Å². The van der Waals surface area contributed by atoms with Crippen LogP contribution in [0.5, 0.6) is 0 Å². The Balaban J connectivity index is 0.000000173. The quantitative estimate of drug-likeness (QED) is 0.115. The summed E-state index contributed by atoms with van der Waals surface area (Å²) in [7, 11) is 2.74. The number of esters is 2. The molecule has 2 aromatic heterocycles. The van der Waals surface area contributed by atoms with Gasteiger partial charge in [0.15, 0.2) is 6.04 Å². The molecule has 0 bridgehead atoms. The van der Waals surface area contributed by atoms with Gasteiger partial charge in [-0.1, -0.05) is 97.1 Å². The lowest BCUT2D eigenvalue weighted by molar-refractivity contribution is -0.147. The number of nitrogens with zero attached hydrogens (tertiary/aromatic N) is 7. The zero-order valence-electron chi connectivity index (χ0n) is 39.1. The van der Waals surface area contributed by atoms with Gasteiger partial charge in [-0.25, -0.2) is 19.0 Å². The zero-order chi connectivity index (χ0) is 48.1. The summed E-state index contributed by atoms with van der Waals surface area (Å²) in [6.45, 7) is 12.6. The molecule has 0 saturated carbocycles. The third-order valence-corrected chi connectivity index (χ3v) is 10.9. The van der Waals surface area contributed by atoms with Crippen molar-refractivity contribution in [3.8, 4) is 11.4 Å². The van der Waals surface area contributed by atoms with Gasteiger partial charge >= 0.3 is 24.0 Å². The summed E-state index contributed by atoms with van der Waals surface area (Å²) in [5.74, 6) is -0.236. The monoisotopic (exact) mass is 912 g/mol. The topological polar surface area (TPSA) is 174 Å². The van der Waals surface area contributed by atoms with Gasteiger partial charge in [-0.05, 0) is 70.0 Å². The van der Waals surface area contributed by atoms with Crippen molar-refractivity contribution < 1.29 is 38.5 Å². The Morgan fingerprint density at radius 3 is 1.52 bits per heavy atom. The number of carboxylic acids is 1. The van der Waals surface area contributed by atoms with Crippen molar-refractivity contribution >= 4 is 35.6 Å². The normalized spacial score (nSPS) is 15.9. The first-order valence-corrected chi connectivity index (χ1v) is 22.1. The summed E-state index contributed by atoms with van der Waals surface area (Å²) in [5, 5.41) is 21.7. The van der Waals surface area contributed by atoms with Crippen LogP contribution in [0.1, 0.15) is 49.2 Å². The second-order valence-corrected chi connectivity index (χ2v) is 17.0. The van der Waals surface area contributed by atoms with E-state index in [0.29, 0.717) is 26.2 Å². The van der Waals surface area contributed by atoms with Crippen LogP contribution in [0.4, 0.5) is 16.4 Å². The van der Waals surface area contributed by atoms with Crippen LogP contribution in [0.3, 0.4) is 0 Å². The minimum atomic E-state index is -0.822. The highest BCUT2D eigenvalue weighted by Crippen LogP contribution is 2.27. The molecular weight excluding hydrogens is 853 g/mol. The maximum Gasteiger partial charge on any atom is 0.411 e. The molecule has 67 heavy (non-hydrogen) atoms. The number of aromatic nitrogens is 4. The average Bonchev–Trinajstić information content (AvgIpc) is 3.94. The number of piperazine rings is 2. The van der Waals surface area contributed by atoms with Crippen LogP contribution in [-0.4, -0.2) is 125 Å². The molecule has 2 atom stereocenters. The second-order valence-electron chi connectivity index (χ2n) is 17.0. The number of hydrogen-bond donors (Lipinski definition) is 2. The van der Waals surface area contributed by atoms with Crippen molar-refractivity contribution in [2.24, 2.45) is 0 Å². The molecule has 4 aromatic carbocycles. The largest absolute Gasteiger partial charge is 0.481 e. The molecule has 2 saturated heterocycles. The van der Waals surface area contributed by atoms with E-state index < -0.39 is 35.6 Å². The molecule has 4 heterocycles. The number of carbonyl (C=O) groups is 4. The van der Waals surface area contributed by atoms with Crippen molar-refractivity contribution in [2.45, 2.75) is 58.2 Å². The molecule has 0 unspecified atom stereocenters. The predicted octanol–water partition coefficient (Wildman–Crippen LogP) is 6.81. The number of para-hydroxylation sites is 2. The van der Waals surface area contributed by atoms with Crippen molar-refractivity contribution in [2.75, 3.05) is 63.3 Å². The van der Waals surface area contributed by atoms with Crippen LogP contribution in [-0.2, 0) is 28.6 Å². The highest BCUT2D eigenvalue weighted by atomic mass is 16.6. The first kappa shape index (κ1) is 49.0. The van der Waals surface area contributed by atoms with Gasteiger partial charge < -0.3 is 34.4 Å². The molecule has 352 valence electrons. The molecule has 1 amide bonds. The lowest BCUT2D eigenvalue weighted by Crippen LogP contribution is -2.59. The van der Waals surface area contributed by atoms with Crippen LogP contribution in [0, 0.1) is 13.8 Å². The first-order valence-electron chi connectivity index (χ1n) is 22.1. The molecular formula is C51H60N8O8. The minimum absolute atomic E-state index is 0.229. The number of aryl methyl sites for hydroxylation is 2. The van der Waals surface area contributed by atoms with Gasteiger partial charge in [0.25, 0.3) is 0 Å². The van der Waals surface area contributed by atoms with Crippen molar-refractivity contribution in [3.05, 3.63) is 156 Å². The Morgan fingerprint density at radius 2 is 1.09 bits per heavy atom. The fraction of sp³-hybridized carbons (Fsp3) is 0.333. The number of hydrogen-bond acceptors (Lipinski definition) is 12. The summed E-state index contributed by atoms with van der Waals surface area (Å²) in [5.41, 5.74) is 4.73. The molecule has 2 fully saturated rings. The van der Waals surface area contributed by atoms with Crippen molar-refractivity contribution in [1.29, 1.82) is 0 Å². The number of benzene rings is 4. The predicted molar refractivity (Wildman–Crippen MR) is 256 cm³/mol. The second kappa shape index (κ2) is 22.6.